The summed E-state index contributed by atoms with van der Waals surface area (Å²) in [6, 6.07) is 12.2. The minimum absolute atomic E-state index is 0.0252. The van der Waals surface area contributed by atoms with Gasteiger partial charge in [0, 0.05) is 82.4 Å². The first-order valence-electron chi connectivity index (χ1n) is 20.0. The molecular weight excluding hydrogens is 1010 g/mol. The van der Waals surface area contributed by atoms with Crippen molar-refractivity contribution in [3.63, 3.8) is 0 Å². The van der Waals surface area contributed by atoms with Crippen LogP contribution in [0, 0.1) is 11.6 Å². The summed E-state index contributed by atoms with van der Waals surface area (Å²) in [5.74, 6) is -1.73. The molecule has 0 spiro atoms. The Bertz CT molecular complexity index is 3330. The third kappa shape index (κ3) is 12.0. The number of ether oxygens (including phenoxy) is 3. The number of nitrogens with one attached hydrogen (secondary N) is 2. The van der Waals surface area contributed by atoms with E-state index in [9.17, 15) is 44.7 Å². The number of rotatable bonds is 13. The number of aldehydes is 1. The fourth-order valence-electron chi connectivity index (χ4n) is 6.22. The highest BCUT2D eigenvalue weighted by molar-refractivity contribution is 6.31. The van der Waals surface area contributed by atoms with Crippen molar-refractivity contribution < 1.29 is 58.9 Å². The molecule has 0 atom stereocenters. The summed E-state index contributed by atoms with van der Waals surface area (Å²) in [5.41, 5.74) is 0.124. The first kappa shape index (κ1) is 51.3. The average molecular weight is 1040 g/mol. The zero-order valence-corrected chi connectivity index (χ0v) is 38.3. The van der Waals surface area contributed by atoms with Gasteiger partial charge in [0.05, 0.1) is 36.9 Å². The summed E-state index contributed by atoms with van der Waals surface area (Å²) in [5, 5.41) is 12.5. The van der Waals surface area contributed by atoms with Crippen LogP contribution in [0.25, 0.3) is 40.0 Å². The second-order valence-corrected chi connectivity index (χ2v) is 15.1. The third-order valence-corrected chi connectivity index (χ3v) is 10.2. The first-order valence-corrected chi connectivity index (χ1v) is 20.8. The van der Waals surface area contributed by atoms with E-state index in [0.29, 0.717) is 34.4 Å². The van der Waals surface area contributed by atoms with E-state index in [4.69, 9.17) is 32.7 Å². The highest BCUT2D eigenvalue weighted by Crippen LogP contribution is 2.34. The molecule has 370 valence electrons. The second kappa shape index (κ2) is 21.6. The number of methoxy groups -OCH3 is 3. The van der Waals surface area contributed by atoms with Crippen LogP contribution in [-0.2, 0) is 21.9 Å². The number of carbonyl (C=O) groups excluding carboxylic acids is 2. The topological polar surface area (TPSA) is 199 Å². The lowest BCUT2D eigenvalue weighted by Gasteiger charge is -2.13. The molecule has 2 N–H and O–H groups in total. The van der Waals surface area contributed by atoms with Crippen molar-refractivity contribution in [1.29, 1.82) is 0 Å². The Hall–Kier alpha value is -8.58. The third-order valence-electron chi connectivity index (χ3n) is 9.58. The van der Waals surface area contributed by atoms with Crippen molar-refractivity contribution in [2.45, 2.75) is 12.4 Å². The number of halogens is 10. The van der Waals surface area contributed by atoms with Crippen molar-refractivity contribution >= 4 is 64.8 Å². The van der Waals surface area contributed by atoms with Gasteiger partial charge in [-0.05, 0) is 66.7 Å². The summed E-state index contributed by atoms with van der Waals surface area (Å²) in [7, 11) is 3.95. The van der Waals surface area contributed by atoms with Crippen LogP contribution in [0.5, 0.6) is 11.8 Å². The van der Waals surface area contributed by atoms with Gasteiger partial charge < -0.3 is 24.8 Å². The van der Waals surface area contributed by atoms with Crippen molar-refractivity contribution in [3.8, 4) is 45.6 Å². The Morgan fingerprint density at radius 3 is 1.46 bits per heavy atom. The van der Waals surface area contributed by atoms with Gasteiger partial charge in [0.2, 0.25) is 23.7 Å². The predicted octanol–water partition coefficient (Wildman–Crippen LogP) is 10.6. The number of hydrogen-bond acceptors (Lipinski definition) is 15. The average Bonchev–Trinajstić information content (AvgIpc) is 4.08. The van der Waals surface area contributed by atoms with Crippen molar-refractivity contribution in [2.75, 3.05) is 32.0 Å². The molecule has 27 heteroatoms. The quantitative estimate of drug-likeness (QED) is 0.0478. The van der Waals surface area contributed by atoms with Crippen LogP contribution in [0.1, 0.15) is 27.3 Å². The van der Waals surface area contributed by atoms with E-state index in [1.165, 1.54) is 82.5 Å². The molecule has 2 aromatic carbocycles. The Morgan fingerprint density at radius 2 is 1.07 bits per heavy atom. The van der Waals surface area contributed by atoms with E-state index < -0.39 is 41.3 Å². The number of hydrogen-bond donors (Lipinski definition) is 2. The van der Waals surface area contributed by atoms with E-state index in [-0.39, 0.29) is 62.0 Å². The molecule has 8 rings (SSSR count). The summed E-state index contributed by atoms with van der Waals surface area (Å²) in [4.78, 5) is 48.3. The SMILES string of the molecule is COC(=O)/C=C/c1cc(-c2cnc(Nc3ccc(F)c(Cl)c3)nc2-n2ccc(C(F)(F)F)n2)cnc1OC.COc1ncc(-c2cnc(Nc3ccc(F)c(Cl)c3)nc2-n2ccc(C(F)(F)F)n2)cc1C=O. The van der Waals surface area contributed by atoms with E-state index in [1.54, 1.807) is 6.07 Å². The molecule has 0 fully saturated rings. The van der Waals surface area contributed by atoms with E-state index in [2.05, 4.69) is 55.5 Å². The molecular formula is C45H30Cl2F8N12O5. The zero-order valence-electron chi connectivity index (χ0n) is 36.8. The fourth-order valence-corrected chi connectivity index (χ4v) is 6.58. The van der Waals surface area contributed by atoms with E-state index in [0.717, 1.165) is 52.1 Å². The lowest BCUT2D eigenvalue weighted by atomic mass is 10.1. The van der Waals surface area contributed by atoms with Gasteiger partial charge in [-0.15, -0.1) is 0 Å². The molecule has 0 aliphatic rings. The van der Waals surface area contributed by atoms with Gasteiger partial charge in [0.25, 0.3) is 0 Å². The zero-order chi connectivity index (χ0) is 51.9. The van der Waals surface area contributed by atoms with Gasteiger partial charge in [-0.1, -0.05) is 23.2 Å². The van der Waals surface area contributed by atoms with Crippen molar-refractivity contribution in [3.05, 3.63) is 148 Å². The number of pyridine rings is 2. The maximum Gasteiger partial charge on any atom is 0.435 e. The van der Waals surface area contributed by atoms with Crippen LogP contribution in [0.2, 0.25) is 10.0 Å². The van der Waals surface area contributed by atoms with Crippen LogP contribution in [0.4, 0.5) is 58.4 Å². The lowest BCUT2D eigenvalue weighted by molar-refractivity contribution is -0.142. The molecule has 8 aromatic rings. The highest BCUT2D eigenvalue weighted by Gasteiger charge is 2.35. The maximum atomic E-state index is 13.5. The minimum atomic E-state index is -4.68. The molecule has 0 amide bonds. The lowest BCUT2D eigenvalue weighted by Crippen LogP contribution is -2.10. The molecule has 17 nitrogen and oxygen atoms in total. The van der Waals surface area contributed by atoms with Gasteiger partial charge in [-0.2, -0.15) is 46.5 Å². The van der Waals surface area contributed by atoms with Crippen LogP contribution in [-0.4, -0.2) is 83.0 Å². The van der Waals surface area contributed by atoms with Crippen molar-refractivity contribution in [2.24, 2.45) is 0 Å². The molecule has 6 aromatic heterocycles. The Labute approximate surface area is 410 Å². The monoisotopic (exact) mass is 1040 g/mol. The van der Waals surface area contributed by atoms with Crippen molar-refractivity contribution in [1.82, 2.24) is 49.5 Å². The molecule has 6 heterocycles. The molecule has 0 unspecified atom stereocenters. The van der Waals surface area contributed by atoms with E-state index >= 15 is 0 Å². The first-order chi connectivity index (χ1) is 34.3. The molecule has 0 bridgehead atoms. The number of esters is 1. The van der Waals surface area contributed by atoms with Gasteiger partial charge >= 0.3 is 18.3 Å². The Morgan fingerprint density at radius 1 is 0.625 bits per heavy atom. The molecule has 0 aliphatic carbocycles. The number of carbonyl (C=O) groups is 2. The molecule has 0 saturated heterocycles. The number of nitrogens with zero attached hydrogens (tertiary/aromatic N) is 10. The summed E-state index contributed by atoms with van der Waals surface area (Å²) in [6.45, 7) is 0. The van der Waals surface area contributed by atoms with Gasteiger partial charge in [-0.25, -0.2) is 42.9 Å². The Balaban J connectivity index is 0.000000213. The van der Waals surface area contributed by atoms with Gasteiger partial charge in [0.1, 0.15) is 11.6 Å². The summed E-state index contributed by atoms with van der Waals surface area (Å²) < 4.78 is 123. The van der Waals surface area contributed by atoms with Gasteiger partial charge in [-0.3, -0.25) is 4.79 Å². The number of aromatic nitrogens is 10. The van der Waals surface area contributed by atoms with Gasteiger partial charge in [0.15, 0.2) is 29.3 Å². The number of benzene rings is 2. The van der Waals surface area contributed by atoms with Crippen LogP contribution < -0.4 is 20.1 Å². The smallest absolute Gasteiger partial charge is 0.435 e. The maximum absolute atomic E-state index is 13.5. The van der Waals surface area contributed by atoms with E-state index in [1.807, 2.05) is 0 Å². The fraction of sp³-hybridized carbons (Fsp3) is 0.111. The van der Waals surface area contributed by atoms with Crippen LogP contribution in [0.15, 0.2) is 104 Å². The summed E-state index contributed by atoms with van der Waals surface area (Å²) in [6.07, 6.45) is 1.36. The molecule has 0 aliphatic heterocycles. The minimum Gasteiger partial charge on any atom is -0.481 e. The molecule has 0 radical (unpaired) electrons. The largest absolute Gasteiger partial charge is 0.481 e. The van der Waals surface area contributed by atoms with Crippen LogP contribution >= 0.6 is 23.2 Å². The predicted molar refractivity (Wildman–Crippen MR) is 244 cm³/mol. The molecule has 72 heavy (non-hydrogen) atoms. The Kier molecular flexibility index (Phi) is 15.4. The summed E-state index contributed by atoms with van der Waals surface area (Å²) >= 11 is 11.6. The number of alkyl halides is 6. The highest BCUT2D eigenvalue weighted by atomic mass is 35.5. The van der Waals surface area contributed by atoms with Crippen LogP contribution in [0.3, 0.4) is 0 Å². The second-order valence-electron chi connectivity index (χ2n) is 14.3. The normalized spacial score (nSPS) is 11.5. The standard InChI is InChI=1S/C24H17ClF4N6O3.C21H13ClF4N6O2/c1-37-20(36)6-3-13-9-14(11-30-22(13)38-2)16-12-31-23(32-15-4-5-18(26)17(25)10-15)33-21(16)35-8-7-19(34-35)24(27,28)29;1-34-19-12(10-33)6-11(8-27-19)14-9-28-20(29-13-2-3-16(23)15(22)7-13)30-18(14)32-5-4-17(31-32)21(24,25)26/h3-12H,1-2H3,(H,31,32,33);2-10H,1H3,(H,28,29,30)/b6-3+;. The number of anilines is 4. The molecule has 0 saturated carbocycles.